The SMILES string of the molecule is O.O=C(Nc1cccc(Cl)c1)c1cc(=O)[nH]c2ccccc12. The molecule has 0 unspecified atom stereocenters. The zero-order chi connectivity index (χ0) is 14.8. The highest BCUT2D eigenvalue weighted by Gasteiger charge is 2.11. The van der Waals surface area contributed by atoms with Crippen LogP contribution in [0.5, 0.6) is 0 Å². The maximum Gasteiger partial charge on any atom is 0.256 e. The normalized spacial score (nSPS) is 10.0. The van der Waals surface area contributed by atoms with E-state index in [9.17, 15) is 9.59 Å². The summed E-state index contributed by atoms with van der Waals surface area (Å²) in [6, 6.07) is 15.3. The number of nitrogens with one attached hydrogen (secondary N) is 2. The molecule has 1 amide bonds. The van der Waals surface area contributed by atoms with Crippen LogP contribution in [-0.2, 0) is 0 Å². The van der Waals surface area contributed by atoms with Crippen molar-refractivity contribution in [3.63, 3.8) is 0 Å². The van der Waals surface area contributed by atoms with Gasteiger partial charge in [0, 0.05) is 27.7 Å². The number of fused-ring (bicyclic) bond motifs is 1. The van der Waals surface area contributed by atoms with Crippen LogP contribution in [-0.4, -0.2) is 16.4 Å². The Hall–Kier alpha value is -2.63. The Morgan fingerprint density at radius 3 is 2.59 bits per heavy atom. The number of anilines is 1. The Morgan fingerprint density at radius 2 is 1.82 bits per heavy atom. The smallest absolute Gasteiger partial charge is 0.256 e. The van der Waals surface area contributed by atoms with E-state index in [0.29, 0.717) is 27.2 Å². The Balaban J connectivity index is 0.00000176. The van der Waals surface area contributed by atoms with Crippen molar-refractivity contribution in [2.24, 2.45) is 0 Å². The number of pyridine rings is 1. The molecule has 5 nitrogen and oxygen atoms in total. The zero-order valence-electron chi connectivity index (χ0n) is 11.4. The van der Waals surface area contributed by atoms with Gasteiger partial charge < -0.3 is 15.8 Å². The van der Waals surface area contributed by atoms with Gasteiger partial charge in [-0.15, -0.1) is 0 Å². The van der Waals surface area contributed by atoms with Crippen molar-refractivity contribution in [1.29, 1.82) is 0 Å². The molecule has 0 radical (unpaired) electrons. The minimum atomic E-state index is -0.348. The van der Waals surface area contributed by atoms with Crippen LogP contribution in [0.2, 0.25) is 5.02 Å². The van der Waals surface area contributed by atoms with E-state index in [1.807, 2.05) is 6.07 Å². The second-order valence-electron chi connectivity index (χ2n) is 4.56. The van der Waals surface area contributed by atoms with E-state index in [4.69, 9.17) is 11.6 Å². The average Bonchev–Trinajstić information content (AvgIpc) is 2.46. The molecule has 6 heteroatoms. The third-order valence-corrected chi connectivity index (χ3v) is 3.31. The number of amides is 1. The molecule has 0 aliphatic heterocycles. The fraction of sp³-hybridized carbons (Fsp3) is 0. The predicted molar refractivity (Wildman–Crippen MR) is 87.6 cm³/mol. The predicted octanol–water partition coefficient (Wildman–Crippen LogP) is 2.61. The second kappa shape index (κ2) is 6.43. The molecule has 3 rings (SSSR count). The summed E-state index contributed by atoms with van der Waals surface area (Å²) in [5.74, 6) is -0.348. The molecule has 1 heterocycles. The van der Waals surface area contributed by atoms with Gasteiger partial charge >= 0.3 is 0 Å². The minimum Gasteiger partial charge on any atom is -0.412 e. The molecule has 0 saturated heterocycles. The first-order valence-electron chi connectivity index (χ1n) is 6.32. The number of aromatic amines is 1. The van der Waals surface area contributed by atoms with E-state index < -0.39 is 0 Å². The van der Waals surface area contributed by atoms with Crippen LogP contribution in [0.3, 0.4) is 0 Å². The monoisotopic (exact) mass is 316 g/mol. The van der Waals surface area contributed by atoms with Crippen molar-refractivity contribution in [2.45, 2.75) is 0 Å². The highest BCUT2D eigenvalue weighted by molar-refractivity contribution is 6.31. The molecule has 0 spiro atoms. The summed E-state index contributed by atoms with van der Waals surface area (Å²) in [7, 11) is 0. The fourth-order valence-corrected chi connectivity index (χ4v) is 2.35. The van der Waals surface area contributed by atoms with Crippen LogP contribution < -0.4 is 10.9 Å². The van der Waals surface area contributed by atoms with Gasteiger partial charge in [0.15, 0.2) is 0 Å². The van der Waals surface area contributed by atoms with Gasteiger partial charge in [-0.1, -0.05) is 35.9 Å². The van der Waals surface area contributed by atoms with Crippen LogP contribution in [0.4, 0.5) is 5.69 Å². The number of carbonyl (C=O) groups excluding carboxylic acids is 1. The molecular weight excluding hydrogens is 304 g/mol. The van der Waals surface area contributed by atoms with Gasteiger partial charge in [-0.2, -0.15) is 0 Å². The number of para-hydroxylation sites is 1. The number of hydrogen-bond donors (Lipinski definition) is 2. The molecular formula is C16H13ClN2O3. The van der Waals surface area contributed by atoms with Crippen LogP contribution in [0.15, 0.2) is 59.4 Å². The molecule has 0 atom stereocenters. The lowest BCUT2D eigenvalue weighted by Gasteiger charge is -2.08. The number of aromatic nitrogens is 1. The molecule has 3 aromatic rings. The Bertz CT molecular complexity index is 890. The van der Waals surface area contributed by atoms with Gasteiger partial charge in [0.2, 0.25) is 5.56 Å². The van der Waals surface area contributed by atoms with Crippen LogP contribution in [0.1, 0.15) is 10.4 Å². The summed E-state index contributed by atoms with van der Waals surface area (Å²) < 4.78 is 0. The molecule has 1 aromatic heterocycles. The molecule has 2 aromatic carbocycles. The lowest BCUT2D eigenvalue weighted by atomic mass is 10.1. The third kappa shape index (κ3) is 3.16. The summed E-state index contributed by atoms with van der Waals surface area (Å²) in [4.78, 5) is 26.7. The molecule has 22 heavy (non-hydrogen) atoms. The first-order chi connectivity index (χ1) is 10.1. The number of halogens is 1. The number of carbonyl (C=O) groups is 1. The van der Waals surface area contributed by atoms with Crippen LogP contribution >= 0.6 is 11.6 Å². The maximum absolute atomic E-state index is 12.4. The van der Waals surface area contributed by atoms with Crippen molar-refractivity contribution in [2.75, 3.05) is 5.32 Å². The summed E-state index contributed by atoms with van der Waals surface area (Å²) in [6.45, 7) is 0. The first-order valence-corrected chi connectivity index (χ1v) is 6.70. The van der Waals surface area contributed by atoms with E-state index in [1.54, 1.807) is 42.5 Å². The molecule has 112 valence electrons. The van der Waals surface area contributed by atoms with Crippen LogP contribution in [0, 0.1) is 0 Å². The van der Waals surface area contributed by atoms with Gasteiger partial charge in [0.05, 0.1) is 5.56 Å². The molecule has 0 aliphatic rings. The van der Waals surface area contributed by atoms with Gasteiger partial charge in [-0.3, -0.25) is 9.59 Å². The van der Waals surface area contributed by atoms with Gasteiger partial charge in [0.1, 0.15) is 0 Å². The Labute approximate surface area is 130 Å². The zero-order valence-corrected chi connectivity index (χ0v) is 12.1. The molecule has 0 saturated carbocycles. The van der Waals surface area contributed by atoms with Crippen LogP contribution in [0.25, 0.3) is 10.9 Å². The lowest BCUT2D eigenvalue weighted by Crippen LogP contribution is -2.16. The average molecular weight is 317 g/mol. The summed E-state index contributed by atoms with van der Waals surface area (Å²) >= 11 is 5.89. The third-order valence-electron chi connectivity index (χ3n) is 3.08. The topological polar surface area (TPSA) is 93.5 Å². The number of H-pyrrole nitrogens is 1. The lowest BCUT2D eigenvalue weighted by molar-refractivity contribution is 0.102. The number of rotatable bonds is 2. The molecule has 0 fully saturated rings. The van der Waals surface area contributed by atoms with Crippen molar-refractivity contribution in [3.05, 3.63) is 75.5 Å². The van der Waals surface area contributed by atoms with E-state index in [0.717, 1.165) is 0 Å². The molecule has 4 N–H and O–H groups in total. The highest BCUT2D eigenvalue weighted by Crippen LogP contribution is 2.18. The van der Waals surface area contributed by atoms with E-state index in [-0.39, 0.29) is 16.9 Å². The van der Waals surface area contributed by atoms with Crippen molar-refractivity contribution in [1.82, 2.24) is 4.98 Å². The van der Waals surface area contributed by atoms with E-state index in [2.05, 4.69) is 10.3 Å². The van der Waals surface area contributed by atoms with Crippen molar-refractivity contribution in [3.8, 4) is 0 Å². The maximum atomic E-state index is 12.4. The summed E-state index contributed by atoms with van der Waals surface area (Å²) in [6.07, 6.45) is 0. The van der Waals surface area contributed by atoms with Gasteiger partial charge in [-0.25, -0.2) is 0 Å². The number of hydrogen-bond acceptors (Lipinski definition) is 2. The largest absolute Gasteiger partial charge is 0.412 e. The Morgan fingerprint density at radius 1 is 1.05 bits per heavy atom. The van der Waals surface area contributed by atoms with E-state index >= 15 is 0 Å². The van der Waals surface area contributed by atoms with Crippen molar-refractivity contribution >= 4 is 34.1 Å². The van der Waals surface area contributed by atoms with Gasteiger partial charge in [0.25, 0.3) is 5.91 Å². The highest BCUT2D eigenvalue weighted by atomic mass is 35.5. The standard InChI is InChI=1S/C16H11ClN2O2.H2O/c17-10-4-3-5-11(8-10)18-16(21)13-9-15(20)19-14-7-2-1-6-12(13)14;/h1-9H,(H,18,21)(H,19,20);1H2. The van der Waals surface area contributed by atoms with Gasteiger partial charge in [-0.05, 0) is 24.3 Å². The molecule has 0 aliphatic carbocycles. The van der Waals surface area contributed by atoms with Crippen molar-refractivity contribution < 1.29 is 10.3 Å². The Kier molecular flexibility index (Phi) is 4.60. The summed E-state index contributed by atoms with van der Waals surface area (Å²) in [5, 5.41) is 3.96. The fourth-order valence-electron chi connectivity index (χ4n) is 2.16. The van der Waals surface area contributed by atoms with E-state index in [1.165, 1.54) is 6.07 Å². The number of benzene rings is 2. The minimum absolute atomic E-state index is 0. The molecule has 0 bridgehead atoms. The first kappa shape index (κ1) is 15.8. The quantitative estimate of drug-likeness (QED) is 0.760. The summed E-state index contributed by atoms with van der Waals surface area (Å²) in [5.41, 5.74) is 1.22. The second-order valence-corrected chi connectivity index (χ2v) is 4.99.